The topological polar surface area (TPSA) is 43.4 Å². The maximum absolute atomic E-state index is 11.4. The summed E-state index contributed by atoms with van der Waals surface area (Å²) < 4.78 is 4.86. The van der Waals surface area contributed by atoms with Crippen LogP contribution in [0.5, 0.6) is 0 Å². The molecule has 1 aliphatic rings. The van der Waals surface area contributed by atoms with E-state index < -0.39 is 11.4 Å². The summed E-state index contributed by atoms with van der Waals surface area (Å²) in [6.45, 7) is 7.06. The number of carbonyl (C=O) groups is 2. The molecule has 3 heteroatoms. The van der Waals surface area contributed by atoms with Gasteiger partial charge in [0.1, 0.15) is 11.2 Å². The monoisotopic (exact) mass is 182 g/mol. The van der Waals surface area contributed by atoms with Gasteiger partial charge in [0.15, 0.2) is 0 Å². The van der Waals surface area contributed by atoms with Gasteiger partial charge in [0, 0.05) is 5.92 Å². The van der Waals surface area contributed by atoms with Gasteiger partial charge in [-0.25, -0.2) is 0 Å². The molecule has 13 heavy (non-hydrogen) atoms. The molecule has 0 spiro atoms. The Hall–Kier alpha value is -1.12. The van der Waals surface area contributed by atoms with Gasteiger partial charge in [0.2, 0.25) is 0 Å². The number of esters is 1. The number of rotatable bonds is 4. The van der Waals surface area contributed by atoms with Crippen LogP contribution in [0.25, 0.3) is 0 Å². The Bertz CT molecular complexity index is 257. The van der Waals surface area contributed by atoms with Crippen molar-refractivity contribution in [3.63, 3.8) is 0 Å². The maximum atomic E-state index is 11.4. The molecule has 1 rings (SSSR count). The zero-order valence-electron chi connectivity index (χ0n) is 8.00. The number of ketones is 1. The second-order valence-corrected chi connectivity index (χ2v) is 3.29. The average molecular weight is 182 g/mol. The summed E-state index contributed by atoms with van der Waals surface area (Å²) in [5.41, 5.74) is -0.891. The number of allylic oxidation sites excluding steroid dienone is 1. The Morgan fingerprint density at radius 2 is 2.31 bits per heavy atom. The first-order valence-corrected chi connectivity index (χ1v) is 4.40. The van der Waals surface area contributed by atoms with Crippen molar-refractivity contribution < 1.29 is 14.3 Å². The summed E-state index contributed by atoms with van der Waals surface area (Å²) in [7, 11) is 0. The molecule has 0 saturated heterocycles. The van der Waals surface area contributed by atoms with Gasteiger partial charge in [-0.15, -0.1) is 6.58 Å². The van der Waals surface area contributed by atoms with E-state index in [0.717, 1.165) is 0 Å². The zero-order chi connectivity index (χ0) is 10.1. The lowest BCUT2D eigenvalue weighted by Gasteiger charge is -2.10. The van der Waals surface area contributed by atoms with Gasteiger partial charge in [0.05, 0.1) is 6.61 Å². The Labute approximate surface area is 77.8 Å². The molecule has 0 radical (unpaired) electrons. The number of carbonyl (C=O) groups excluding carboxylic acids is 2. The highest BCUT2D eigenvalue weighted by atomic mass is 16.5. The third-order valence-electron chi connectivity index (χ3n) is 2.57. The fraction of sp³-hybridized carbons (Fsp3) is 0.600. The van der Waals surface area contributed by atoms with E-state index in [1.165, 1.54) is 6.92 Å². The quantitative estimate of drug-likeness (QED) is 0.374. The first-order chi connectivity index (χ1) is 6.09. The molecule has 0 aromatic carbocycles. The van der Waals surface area contributed by atoms with Gasteiger partial charge in [0.25, 0.3) is 0 Å². The van der Waals surface area contributed by atoms with E-state index in [9.17, 15) is 9.59 Å². The first-order valence-electron chi connectivity index (χ1n) is 4.40. The number of hydrogen-bond acceptors (Lipinski definition) is 3. The second kappa shape index (κ2) is 3.32. The Kier molecular flexibility index (Phi) is 2.55. The minimum Gasteiger partial charge on any atom is -0.465 e. The molecular weight excluding hydrogens is 168 g/mol. The number of hydrogen-bond donors (Lipinski definition) is 0. The third-order valence-corrected chi connectivity index (χ3v) is 2.57. The van der Waals surface area contributed by atoms with Crippen molar-refractivity contribution in [3.8, 4) is 0 Å². The van der Waals surface area contributed by atoms with Crippen LogP contribution in [0.1, 0.15) is 20.3 Å². The highest BCUT2D eigenvalue weighted by molar-refractivity contribution is 6.06. The van der Waals surface area contributed by atoms with Crippen LogP contribution in [0.2, 0.25) is 0 Å². The largest absolute Gasteiger partial charge is 0.465 e. The molecule has 0 heterocycles. The summed E-state index contributed by atoms with van der Waals surface area (Å²) in [6.07, 6.45) is 2.21. The van der Waals surface area contributed by atoms with Gasteiger partial charge >= 0.3 is 5.97 Å². The van der Waals surface area contributed by atoms with Crippen molar-refractivity contribution in [1.29, 1.82) is 0 Å². The summed E-state index contributed by atoms with van der Waals surface area (Å²) in [6, 6.07) is 0. The fourth-order valence-corrected chi connectivity index (χ4v) is 1.62. The minimum absolute atomic E-state index is 0.0240. The molecule has 0 N–H and O–H groups in total. The lowest BCUT2D eigenvalue weighted by molar-refractivity contribution is -0.153. The zero-order valence-corrected chi connectivity index (χ0v) is 8.00. The van der Waals surface area contributed by atoms with Crippen LogP contribution in [0.15, 0.2) is 12.7 Å². The van der Waals surface area contributed by atoms with E-state index in [0.29, 0.717) is 13.0 Å². The normalized spacial score (nSPS) is 30.8. The first kappa shape index (κ1) is 9.96. The molecule has 1 saturated carbocycles. The summed E-state index contributed by atoms with van der Waals surface area (Å²) in [5.74, 6) is -0.535. The van der Waals surface area contributed by atoms with E-state index >= 15 is 0 Å². The van der Waals surface area contributed by atoms with Crippen LogP contribution in [-0.2, 0) is 14.3 Å². The highest BCUT2D eigenvalue weighted by Gasteiger charge is 2.63. The fourth-order valence-electron chi connectivity index (χ4n) is 1.62. The van der Waals surface area contributed by atoms with Gasteiger partial charge in [-0.2, -0.15) is 0 Å². The van der Waals surface area contributed by atoms with Crippen molar-refractivity contribution in [2.75, 3.05) is 6.61 Å². The average Bonchev–Trinajstić information content (AvgIpc) is 2.79. The Morgan fingerprint density at radius 3 is 2.62 bits per heavy atom. The molecule has 3 nitrogen and oxygen atoms in total. The number of ether oxygens (including phenoxy) is 1. The lowest BCUT2D eigenvalue weighted by Crippen LogP contribution is -2.27. The van der Waals surface area contributed by atoms with Gasteiger partial charge in [-0.05, 0) is 20.3 Å². The maximum Gasteiger partial charge on any atom is 0.320 e. The summed E-state index contributed by atoms with van der Waals surface area (Å²) in [4.78, 5) is 22.7. The van der Waals surface area contributed by atoms with Crippen LogP contribution in [-0.4, -0.2) is 18.4 Å². The van der Waals surface area contributed by atoms with E-state index in [1.807, 2.05) is 0 Å². The molecule has 0 aromatic rings. The molecule has 2 atom stereocenters. The lowest BCUT2D eigenvalue weighted by atomic mass is 9.99. The smallest absolute Gasteiger partial charge is 0.320 e. The Morgan fingerprint density at radius 1 is 1.69 bits per heavy atom. The molecular formula is C10H14O3. The van der Waals surface area contributed by atoms with Crippen LogP contribution in [0.3, 0.4) is 0 Å². The Balaban J connectivity index is 2.77. The molecule has 72 valence electrons. The predicted octanol–water partition coefficient (Wildman–Crippen LogP) is 1.33. The van der Waals surface area contributed by atoms with E-state index in [2.05, 4.69) is 6.58 Å². The van der Waals surface area contributed by atoms with Crippen LogP contribution >= 0.6 is 0 Å². The van der Waals surface area contributed by atoms with Crippen LogP contribution < -0.4 is 0 Å². The van der Waals surface area contributed by atoms with Crippen LogP contribution in [0, 0.1) is 11.3 Å². The minimum atomic E-state index is -0.891. The van der Waals surface area contributed by atoms with E-state index in [4.69, 9.17) is 4.74 Å². The van der Waals surface area contributed by atoms with Crippen molar-refractivity contribution in [2.24, 2.45) is 11.3 Å². The van der Waals surface area contributed by atoms with Crippen molar-refractivity contribution in [1.82, 2.24) is 0 Å². The number of Topliss-reactive ketones (excluding diaryl/α,β-unsaturated/α-hetero) is 1. The standard InChI is InChI=1S/C10H14O3/c1-4-8-6-10(8,7(3)11)9(12)13-5-2/h4,8H,1,5-6H2,2-3H3/t8-,10-/m1/s1. The predicted molar refractivity (Wildman–Crippen MR) is 48.1 cm³/mol. The SMILES string of the molecule is C=C[C@@H]1C[C@]1(C(C)=O)C(=O)OCC. The molecule has 0 bridgehead atoms. The summed E-state index contributed by atoms with van der Waals surface area (Å²) >= 11 is 0. The van der Waals surface area contributed by atoms with Gasteiger partial charge < -0.3 is 4.74 Å². The molecule has 0 unspecified atom stereocenters. The van der Waals surface area contributed by atoms with E-state index in [-0.39, 0.29) is 11.7 Å². The third kappa shape index (κ3) is 1.39. The summed E-state index contributed by atoms with van der Waals surface area (Å²) in [5, 5.41) is 0. The second-order valence-electron chi connectivity index (χ2n) is 3.29. The van der Waals surface area contributed by atoms with Gasteiger partial charge in [-0.1, -0.05) is 6.08 Å². The van der Waals surface area contributed by atoms with E-state index in [1.54, 1.807) is 13.0 Å². The molecule has 0 aromatic heterocycles. The van der Waals surface area contributed by atoms with Gasteiger partial charge in [-0.3, -0.25) is 9.59 Å². The van der Waals surface area contributed by atoms with Crippen molar-refractivity contribution in [2.45, 2.75) is 20.3 Å². The molecule has 0 amide bonds. The van der Waals surface area contributed by atoms with Crippen molar-refractivity contribution in [3.05, 3.63) is 12.7 Å². The van der Waals surface area contributed by atoms with Crippen LogP contribution in [0.4, 0.5) is 0 Å². The molecule has 1 aliphatic carbocycles. The highest BCUT2D eigenvalue weighted by Crippen LogP contribution is 2.54. The molecule has 0 aliphatic heterocycles. The molecule has 1 fully saturated rings. The van der Waals surface area contributed by atoms with Crippen molar-refractivity contribution >= 4 is 11.8 Å².